The molecule has 1 amide bonds. The zero-order valence-corrected chi connectivity index (χ0v) is 21.1. The monoisotopic (exact) mass is 519 g/mol. The number of ether oxygens (including phenoxy) is 1. The number of aromatic nitrogens is 1. The van der Waals surface area contributed by atoms with Crippen LogP contribution in [0.1, 0.15) is 41.7 Å². The van der Waals surface area contributed by atoms with Crippen LogP contribution in [0.3, 0.4) is 0 Å². The van der Waals surface area contributed by atoms with Gasteiger partial charge in [-0.05, 0) is 38.0 Å². The maximum absolute atomic E-state index is 13.3. The van der Waals surface area contributed by atoms with Gasteiger partial charge in [-0.3, -0.25) is 4.79 Å². The number of amides is 1. The molecule has 0 spiro atoms. The van der Waals surface area contributed by atoms with Crippen LogP contribution < -0.4 is 9.64 Å². The van der Waals surface area contributed by atoms with Gasteiger partial charge >= 0.3 is 6.18 Å². The lowest BCUT2D eigenvalue weighted by Crippen LogP contribution is -2.49. The van der Waals surface area contributed by atoms with Crippen molar-refractivity contribution in [3.8, 4) is 5.75 Å². The summed E-state index contributed by atoms with van der Waals surface area (Å²) in [6.07, 6.45) is -4.09. The number of carbonyl (C=O) groups excluding carboxylic acids is 1. The highest BCUT2D eigenvalue weighted by molar-refractivity contribution is 7.90. The normalized spacial score (nSPS) is 16.0. The first-order chi connectivity index (χ1) is 15.8. The number of nitrogens with zero attached hydrogens (tertiary/aromatic N) is 3. The number of benzene rings is 1. The van der Waals surface area contributed by atoms with E-state index in [1.807, 2.05) is 0 Å². The van der Waals surface area contributed by atoms with E-state index in [4.69, 9.17) is 9.72 Å². The van der Waals surface area contributed by atoms with Crippen molar-refractivity contribution in [3.05, 3.63) is 34.3 Å². The van der Waals surface area contributed by atoms with E-state index in [1.165, 1.54) is 9.78 Å². The van der Waals surface area contributed by atoms with Gasteiger partial charge in [-0.2, -0.15) is 13.2 Å². The molecule has 1 aromatic carbocycles. The van der Waals surface area contributed by atoms with Gasteiger partial charge in [-0.15, -0.1) is 11.3 Å². The van der Waals surface area contributed by atoms with E-state index < -0.39 is 28.0 Å². The standard InChI is InChI=1S/C22H28F3N3O4S2/c1-5-17-19(6-2)33-21(26-17)28-11-9-27(10-12-28)20(29)16-13-15(34(4,30)31)7-8-18(16)32-14(3)22(23,24)25/h7-8,13-14H,5-6,9-12H2,1-4H3/t14-/m0/s1. The highest BCUT2D eigenvalue weighted by Crippen LogP contribution is 2.31. The molecule has 1 aliphatic heterocycles. The Bertz CT molecular complexity index is 1120. The molecular weight excluding hydrogens is 491 g/mol. The maximum atomic E-state index is 13.3. The molecule has 34 heavy (non-hydrogen) atoms. The Morgan fingerprint density at radius 1 is 1.18 bits per heavy atom. The van der Waals surface area contributed by atoms with Crippen LogP contribution in [-0.4, -0.2) is 68.9 Å². The number of anilines is 1. The minimum Gasteiger partial charge on any atom is -0.480 e. The Hall–Kier alpha value is -2.34. The molecule has 0 saturated carbocycles. The predicted molar refractivity (Wildman–Crippen MR) is 125 cm³/mol. The fraction of sp³-hybridized carbons (Fsp3) is 0.545. The van der Waals surface area contributed by atoms with Crippen molar-refractivity contribution >= 4 is 32.2 Å². The molecule has 0 aliphatic carbocycles. The van der Waals surface area contributed by atoms with Crippen molar-refractivity contribution in [3.63, 3.8) is 0 Å². The lowest BCUT2D eigenvalue weighted by molar-refractivity contribution is -0.189. The van der Waals surface area contributed by atoms with Gasteiger partial charge in [0.05, 0.1) is 16.2 Å². The second-order valence-electron chi connectivity index (χ2n) is 8.08. The van der Waals surface area contributed by atoms with E-state index in [2.05, 4.69) is 18.7 Å². The van der Waals surface area contributed by atoms with Crippen molar-refractivity contribution in [2.45, 2.75) is 50.8 Å². The van der Waals surface area contributed by atoms with Crippen LogP contribution in [-0.2, 0) is 22.7 Å². The highest BCUT2D eigenvalue weighted by atomic mass is 32.2. The average Bonchev–Trinajstić information content (AvgIpc) is 3.21. The van der Waals surface area contributed by atoms with Gasteiger partial charge in [0, 0.05) is 37.3 Å². The lowest BCUT2D eigenvalue weighted by atomic mass is 10.1. The molecule has 0 N–H and O–H groups in total. The van der Waals surface area contributed by atoms with Gasteiger partial charge in [0.25, 0.3) is 5.91 Å². The number of sulfone groups is 1. The Morgan fingerprint density at radius 2 is 1.82 bits per heavy atom. The van der Waals surface area contributed by atoms with Crippen molar-refractivity contribution in [2.75, 3.05) is 37.3 Å². The molecule has 0 unspecified atom stereocenters. The number of hydrogen-bond acceptors (Lipinski definition) is 7. The number of piperazine rings is 1. The second-order valence-corrected chi connectivity index (χ2v) is 11.2. The first kappa shape index (κ1) is 26.3. The Balaban J connectivity index is 1.82. The number of aryl methyl sites for hydroxylation is 2. The van der Waals surface area contributed by atoms with Crippen LogP contribution in [0.5, 0.6) is 5.75 Å². The Kier molecular flexibility index (Phi) is 7.81. The summed E-state index contributed by atoms with van der Waals surface area (Å²) in [5, 5.41) is 0.892. The summed E-state index contributed by atoms with van der Waals surface area (Å²) in [7, 11) is -3.68. The minimum atomic E-state index is -4.64. The summed E-state index contributed by atoms with van der Waals surface area (Å²) < 4.78 is 68.2. The molecule has 1 fully saturated rings. The number of thiazole rings is 1. The Morgan fingerprint density at radius 3 is 2.32 bits per heavy atom. The van der Waals surface area contributed by atoms with Gasteiger partial charge in [0.1, 0.15) is 5.75 Å². The van der Waals surface area contributed by atoms with Crippen molar-refractivity contribution < 1.29 is 31.1 Å². The number of alkyl halides is 3. The van der Waals surface area contributed by atoms with E-state index in [-0.39, 0.29) is 16.2 Å². The first-order valence-electron chi connectivity index (χ1n) is 10.9. The fourth-order valence-electron chi connectivity index (χ4n) is 3.60. The number of rotatable bonds is 7. The van der Waals surface area contributed by atoms with E-state index in [0.717, 1.165) is 55.0 Å². The van der Waals surface area contributed by atoms with Gasteiger partial charge in [-0.1, -0.05) is 13.8 Å². The number of hydrogen-bond donors (Lipinski definition) is 0. The SMILES string of the molecule is CCc1nc(N2CCN(C(=O)c3cc(S(C)(=O)=O)ccc3O[C@@H](C)C(F)(F)F)CC2)sc1CC. The van der Waals surface area contributed by atoms with E-state index >= 15 is 0 Å². The van der Waals surface area contributed by atoms with Gasteiger partial charge in [0.2, 0.25) is 0 Å². The molecule has 7 nitrogen and oxygen atoms in total. The van der Waals surface area contributed by atoms with E-state index in [0.29, 0.717) is 26.2 Å². The third kappa shape index (κ3) is 5.83. The third-order valence-corrected chi connectivity index (χ3v) is 8.05. The van der Waals surface area contributed by atoms with Crippen LogP contribution in [0.25, 0.3) is 0 Å². The van der Waals surface area contributed by atoms with Crippen LogP contribution in [0.4, 0.5) is 18.3 Å². The molecule has 188 valence electrons. The highest BCUT2D eigenvalue weighted by Gasteiger charge is 2.39. The van der Waals surface area contributed by atoms with Gasteiger partial charge < -0.3 is 14.5 Å². The summed E-state index contributed by atoms with van der Waals surface area (Å²) in [6.45, 7) is 6.62. The zero-order valence-electron chi connectivity index (χ0n) is 19.5. The molecule has 12 heteroatoms. The van der Waals surface area contributed by atoms with Crippen LogP contribution in [0, 0.1) is 0 Å². The fourth-order valence-corrected chi connectivity index (χ4v) is 5.38. The van der Waals surface area contributed by atoms with Crippen LogP contribution >= 0.6 is 11.3 Å². The van der Waals surface area contributed by atoms with Crippen molar-refractivity contribution in [1.29, 1.82) is 0 Å². The quantitative estimate of drug-likeness (QED) is 0.551. The predicted octanol–water partition coefficient (Wildman–Crippen LogP) is 3.96. The first-order valence-corrected chi connectivity index (χ1v) is 13.7. The average molecular weight is 520 g/mol. The zero-order chi connectivity index (χ0) is 25.3. The number of carbonyl (C=O) groups is 1. The van der Waals surface area contributed by atoms with E-state index in [1.54, 1.807) is 11.3 Å². The molecule has 0 radical (unpaired) electrons. The van der Waals surface area contributed by atoms with Crippen molar-refractivity contribution in [2.24, 2.45) is 0 Å². The summed E-state index contributed by atoms with van der Waals surface area (Å²) in [4.78, 5) is 22.6. The molecule has 1 atom stereocenters. The maximum Gasteiger partial charge on any atom is 0.425 e. The largest absolute Gasteiger partial charge is 0.480 e. The molecular formula is C22H28F3N3O4S2. The lowest BCUT2D eigenvalue weighted by Gasteiger charge is -2.35. The van der Waals surface area contributed by atoms with Gasteiger partial charge in [0.15, 0.2) is 21.1 Å². The summed E-state index contributed by atoms with van der Waals surface area (Å²) in [5.41, 5.74) is 0.863. The summed E-state index contributed by atoms with van der Waals surface area (Å²) in [6, 6.07) is 3.34. The van der Waals surface area contributed by atoms with E-state index in [9.17, 15) is 26.4 Å². The number of halogens is 3. The molecule has 2 aromatic rings. The van der Waals surface area contributed by atoms with Crippen LogP contribution in [0.2, 0.25) is 0 Å². The summed E-state index contributed by atoms with van der Waals surface area (Å²) in [5.74, 6) is -0.873. The molecule has 3 rings (SSSR count). The molecule has 2 heterocycles. The van der Waals surface area contributed by atoms with Crippen LogP contribution in [0.15, 0.2) is 23.1 Å². The van der Waals surface area contributed by atoms with Crippen molar-refractivity contribution in [1.82, 2.24) is 9.88 Å². The molecule has 1 aromatic heterocycles. The minimum absolute atomic E-state index is 0.163. The smallest absolute Gasteiger partial charge is 0.425 e. The second kappa shape index (κ2) is 10.1. The third-order valence-electron chi connectivity index (χ3n) is 5.63. The molecule has 0 bridgehead atoms. The summed E-state index contributed by atoms with van der Waals surface area (Å²) >= 11 is 1.63. The molecule has 1 aliphatic rings. The molecule has 1 saturated heterocycles. The van der Waals surface area contributed by atoms with Gasteiger partial charge in [-0.25, -0.2) is 13.4 Å². The topological polar surface area (TPSA) is 79.8 Å². The Labute approximate surface area is 201 Å².